The quantitative estimate of drug-likeness (QED) is 0.842. The number of nitrogens with zero attached hydrogens (tertiary/aromatic N) is 2. The maximum Gasteiger partial charge on any atom is 0.119 e. The molecule has 0 bridgehead atoms. The first-order valence-electron chi connectivity index (χ1n) is 7.88. The molecule has 0 saturated heterocycles. The molecule has 0 fully saturated rings. The van der Waals surface area contributed by atoms with Gasteiger partial charge in [-0.05, 0) is 52.4 Å². The van der Waals surface area contributed by atoms with Crippen LogP contribution in [0.25, 0.3) is 0 Å². The second-order valence-corrected chi connectivity index (χ2v) is 7.31. The standard InChI is InChI=1S/C18H26N2O2S/c1-12-7-6-8-17(9-12)22-11-16(21)10-20(5)14(3)18-13(2)19-15(4)23-18/h6-9,14,16,21H,10-11H2,1-5H3. The first kappa shape index (κ1) is 17.9. The van der Waals surface area contributed by atoms with Gasteiger partial charge in [0.15, 0.2) is 0 Å². The number of aromatic nitrogens is 1. The highest BCUT2D eigenvalue weighted by Crippen LogP contribution is 2.28. The number of aliphatic hydroxyl groups is 1. The van der Waals surface area contributed by atoms with Crippen molar-refractivity contribution < 1.29 is 9.84 Å². The number of hydrogen-bond acceptors (Lipinski definition) is 5. The van der Waals surface area contributed by atoms with Crippen molar-refractivity contribution in [3.63, 3.8) is 0 Å². The van der Waals surface area contributed by atoms with Crippen LogP contribution in [0.15, 0.2) is 24.3 Å². The molecule has 4 nitrogen and oxygen atoms in total. The molecular formula is C18H26N2O2S. The fraction of sp³-hybridized carbons (Fsp3) is 0.500. The monoisotopic (exact) mass is 334 g/mol. The predicted octanol–water partition coefficient (Wildman–Crippen LogP) is 3.50. The minimum Gasteiger partial charge on any atom is -0.491 e. The van der Waals surface area contributed by atoms with Crippen molar-refractivity contribution in [3.8, 4) is 5.75 Å². The van der Waals surface area contributed by atoms with Crippen molar-refractivity contribution in [1.82, 2.24) is 9.88 Å². The number of ether oxygens (including phenoxy) is 1. The van der Waals surface area contributed by atoms with Gasteiger partial charge in [-0.2, -0.15) is 0 Å². The molecule has 0 saturated carbocycles. The molecule has 126 valence electrons. The topological polar surface area (TPSA) is 45.6 Å². The van der Waals surface area contributed by atoms with E-state index in [-0.39, 0.29) is 6.04 Å². The number of aryl methyl sites for hydroxylation is 3. The molecule has 1 aromatic heterocycles. The molecule has 23 heavy (non-hydrogen) atoms. The Kier molecular flexibility index (Phi) is 6.16. The number of likely N-dealkylation sites (N-methyl/N-ethyl adjacent to an activating group) is 1. The van der Waals surface area contributed by atoms with Crippen LogP contribution in [0.3, 0.4) is 0 Å². The summed E-state index contributed by atoms with van der Waals surface area (Å²) in [5.74, 6) is 0.800. The second kappa shape index (κ2) is 7.90. The van der Waals surface area contributed by atoms with Crippen LogP contribution < -0.4 is 4.74 Å². The smallest absolute Gasteiger partial charge is 0.119 e. The van der Waals surface area contributed by atoms with Crippen LogP contribution in [-0.4, -0.2) is 41.3 Å². The lowest BCUT2D eigenvalue weighted by molar-refractivity contribution is 0.0657. The number of rotatable bonds is 7. The number of benzene rings is 1. The van der Waals surface area contributed by atoms with Gasteiger partial charge in [0.25, 0.3) is 0 Å². The first-order valence-corrected chi connectivity index (χ1v) is 8.70. The van der Waals surface area contributed by atoms with Crippen LogP contribution in [0.2, 0.25) is 0 Å². The van der Waals surface area contributed by atoms with Gasteiger partial charge in [0.2, 0.25) is 0 Å². The minimum atomic E-state index is -0.530. The van der Waals surface area contributed by atoms with E-state index in [1.54, 1.807) is 11.3 Å². The third-order valence-corrected chi connectivity index (χ3v) is 5.15. The molecule has 0 aliphatic carbocycles. The Hall–Kier alpha value is -1.43. The van der Waals surface area contributed by atoms with Crippen molar-refractivity contribution in [2.45, 2.75) is 39.8 Å². The summed E-state index contributed by atoms with van der Waals surface area (Å²) >= 11 is 1.72. The summed E-state index contributed by atoms with van der Waals surface area (Å²) in [6, 6.07) is 8.10. The molecule has 1 aromatic carbocycles. The van der Waals surface area contributed by atoms with Gasteiger partial charge in [-0.15, -0.1) is 11.3 Å². The summed E-state index contributed by atoms with van der Waals surface area (Å²) in [6.45, 7) is 9.09. The van der Waals surface area contributed by atoms with Crippen molar-refractivity contribution in [3.05, 3.63) is 45.4 Å². The summed E-state index contributed by atoms with van der Waals surface area (Å²) in [7, 11) is 2.02. The predicted molar refractivity (Wildman–Crippen MR) is 95.3 cm³/mol. The van der Waals surface area contributed by atoms with E-state index in [4.69, 9.17) is 4.74 Å². The highest BCUT2D eigenvalue weighted by atomic mass is 32.1. The van der Waals surface area contributed by atoms with E-state index < -0.39 is 6.10 Å². The van der Waals surface area contributed by atoms with Gasteiger partial charge in [0.1, 0.15) is 18.5 Å². The van der Waals surface area contributed by atoms with Crippen molar-refractivity contribution in [2.24, 2.45) is 0 Å². The fourth-order valence-electron chi connectivity index (χ4n) is 2.58. The molecule has 2 unspecified atom stereocenters. The van der Waals surface area contributed by atoms with Gasteiger partial charge < -0.3 is 9.84 Å². The Morgan fingerprint density at radius 2 is 2.04 bits per heavy atom. The average Bonchev–Trinajstić information content (AvgIpc) is 2.83. The molecule has 0 aliphatic rings. The van der Waals surface area contributed by atoms with E-state index in [1.165, 1.54) is 4.88 Å². The Morgan fingerprint density at radius 3 is 2.65 bits per heavy atom. The summed E-state index contributed by atoms with van der Waals surface area (Å²) < 4.78 is 5.68. The zero-order valence-electron chi connectivity index (χ0n) is 14.5. The molecular weight excluding hydrogens is 308 g/mol. The van der Waals surface area contributed by atoms with E-state index in [2.05, 4.69) is 16.8 Å². The van der Waals surface area contributed by atoms with Crippen LogP contribution in [0.1, 0.15) is 34.1 Å². The Morgan fingerprint density at radius 1 is 1.30 bits per heavy atom. The highest BCUT2D eigenvalue weighted by molar-refractivity contribution is 7.11. The Balaban J connectivity index is 1.86. The minimum absolute atomic E-state index is 0.231. The SMILES string of the molecule is Cc1cccc(OCC(O)CN(C)C(C)c2sc(C)nc2C)c1. The molecule has 2 aromatic rings. The van der Waals surface area contributed by atoms with Gasteiger partial charge in [-0.3, -0.25) is 4.90 Å². The molecule has 2 rings (SSSR count). The molecule has 0 amide bonds. The summed E-state index contributed by atoms with van der Waals surface area (Å²) in [4.78, 5) is 7.89. The van der Waals surface area contributed by atoms with Crippen LogP contribution in [0.5, 0.6) is 5.75 Å². The zero-order valence-corrected chi connectivity index (χ0v) is 15.4. The maximum absolute atomic E-state index is 10.2. The van der Waals surface area contributed by atoms with Crippen LogP contribution in [0.4, 0.5) is 0 Å². The van der Waals surface area contributed by atoms with Crippen LogP contribution in [-0.2, 0) is 0 Å². The number of aliphatic hydroxyl groups excluding tert-OH is 1. The van der Waals surface area contributed by atoms with Gasteiger partial charge in [-0.25, -0.2) is 4.98 Å². The van der Waals surface area contributed by atoms with Crippen LogP contribution in [0, 0.1) is 20.8 Å². The van der Waals surface area contributed by atoms with Crippen molar-refractivity contribution in [2.75, 3.05) is 20.2 Å². The lowest BCUT2D eigenvalue weighted by Gasteiger charge is -2.26. The Labute approximate surface area is 142 Å². The van der Waals surface area contributed by atoms with E-state index in [0.29, 0.717) is 13.2 Å². The van der Waals surface area contributed by atoms with Gasteiger partial charge in [0.05, 0.1) is 10.7 Å². The largest absolute Gasteiger partial charge is 0.491 e. The molecule has 2 atom stereocenters. The zero-order chi connectivity index (χ0) is 17.0. The Bertz CT molecular complexity index is 642. The summed E-state index contributed by atoms with van der Waals surface area (Å²) in [5, 5.41) is 11.3. The average molecular weight is 334 g/mol. The molecule has 5 heteroatoms. The third-order valence-electron chi connectivity index (χ3n) is 3.91. The maximum atomic E-state index is 10.2. The van der Waals surface area contributed by atoms with E-state index in [1.807, 2.05) is 52.1 Å². The van der Waals surface area contributed by atoms with Crippen molar-refractivity contribution >= 4 is 11.3 Å². The van der Waals surface area contributed by atoms with Gasteiger partial charge in [-0.1, -0.05) is 12.1 Å². The van der Waals surface area contributed by atoms with Crippen molar-refractivity contribution in [1.29, 1.82) is 0 Å². The molecule has 0 spiro atoms. The van der Waals surface area contributed by atoms with E-state index >= 15 is 0 Å². The lowest BCUT2D eigenvalue weighted by atomic mass is 10.2. The van der Waals surface area contributed by atoms with Crippen LogP contribution >= 0.6 is 11.3 Å². The van der Waals surface area contributed by atoms with Gasteiger partial charge in [0, 0.05) is 17.5 Å². The molecule has 1 heterocycles. The lowest BCUT2D eigenvalue weighted by Crippen LogP contribution is -2.34. The summed E-state index contributed by atoms with van der Waals surface area (Å²) in [6.07, 6.45) is -0.530. The highest BCUT2D eigenvalue weighted by Gasteiger charge is 2.19. The summed E-state index contributed by atoms with van der Waals surface area (Å²) in [5.41, 5.74) is 2.23. The van der Waals surface area contributed by atoms with Gasteiger partial charge >= 0.3 is 0 Å². The normalized spacial score (nSPS) is 14.0. The fourth-order valence-corrected chi connectivity index (χ4v) is 3.62. The molecule has 0 aliphatic heterocycles. The number of hydrogen-bond donors (Lipinski definition) is 1. The van der Waals surface area contributed by atoms with E-state index in [0.717, 1.165) is 22.0 Å². The third kappa shape index (κ3) is 5.03. The molecule has 0 radical (unpaired) electrons. The second-order valence-electron chi connectivity index (χ2n) is 6.08. The molecule has 1 N–H and O–H groups in total. The first-order chi connectivity index (χ1) is 10.9. The van der Waals surface area contributed by atoms with E-state index in [9.17, 15) is 5.11 Å². The number of thiazole rings is 1.